The van der Waals surface area contributed by atoms with Crippen molar-refractivity contribution in [2.45, 2.75) is 51.9 Å². The number of hydrogen-bond donors (Lipinski definition) is 0. The fourth-order valence-corrected chi connectivity index (χ4v) is 2.70. The minimum Gasteiger partial charge on any atom is -0.0839 e. The number of hydrogen-bond acceptors (Lipinski definition) is 0. The molecule has 0 aromatic heterocycles. The highest BCUT2D eigenvalue weighted by atomic mass is 14.3. The van der Waals surface area contributed by atoms with Gasteiger partial charge >= 0.3 is 0 Å². The van der Waals surface area contributed by atoms with E-state index in [9.17, 15) is 0 Å². The Morgan fingerprint density at radius 1 is 1.38 bits per heavy atom. The third-order valence-corrected chi connectivity index (χ3v) is 3.43. The first kappa shape index (κ1) is 9.05. The standard InChI is InChI=1S/C13H20/c1-2-3-6-11-7-4-8-12-9-5-10-13(11)12/h4,7,11H,2-3,5-6,8-10H2,1H3. The summed E-state index contributed by atoms with van der Waals surface area (Å²) in [6.07, 6.45) is 14.5. The van der Waals surface area contributed by atoms with Crippen molar-refractivity contribution in [1.82, 2.24) is 0 Å². The van der Waals surface area contributed by atoms with E-state index in [0.29, 0.717) is 0 Å². The number of unbranched alkanes of at least 4 members (excludes halogenated alkanes) is 1. The van der Waals surface area contributed by atoms with E-state index < -0.39 is 0 Å². The zero-order valence-electron chi connectivity index (χ0n) is 8.68. The Kier molecular flexibility index (Phi) is 2.87. The first-order valence-electron chi connectivity index (χ1n) is 5.79. The van der Waals surface area contributed by atoms with Crippen LogP contribution >= 0.6 is 0 Å². The summed E-state index contributed by atoms with van der Waals surface area (Å²) >= 11 is 0. The molecule has 0 bridgehead atoms. The van der Waals surface area contributed by atoms with Gasteiger partial charge in [-0.2, -0.15) is 0 Å². The van der Waals surface area contributed by atoms with Crippen molar-refractivity contribution in [3.8, 4) is 0 Å². The molecule has 0 spiro atoms. The molecule has 0 fully saturated rings. The molecule has 1 atom stereocenters. The smallest absolute Gasteiger partial charge is 0.00204 e. The summed E-state index contributed by atoms with van der Waals surface area (Å²) in [5.41, 5.74) is 3.60. The maximum atomic E-state index is 2.46. The molecule has 2 aliphatic carbocycles. The Hall–Kier alpha value is -0.520. The van der Waals surface area contributed by atoms with E-state index in [4.69, 9.17) is 0 Å². The molecular formula is C13H20. The molecule has 0 heteroatoms. The molecule has 2 rings (SSSR count). The van der Waals surface area contributed by atoms with Gasteiger partial charge in [0.1, 0.15) is 0 Å². The lowest BCUT2D eigenvalue weighted by Gasteiger charge is -2.19. The highest BCUT2D eigenvalue weighted by Crippen LogP contribution is 2.39. The van der Waals surface area contributed by atoms with E-state index in [1.165, 1.54) is 44.9 Å². The van der Waals surface area contributed by atoms with Crippen molar-refractivity contribution in [3.63, 3.8) is 0 Å². The van der Waals surface area contributed by atoms with Crippen LogP contribution in [-0.4, -0.2) is 0 Å². The fourth-order valence-electron chi connectivity index (χ4n) is 2.70. The summed E-state index contributed by atoms with van der Waals surface area (Å²) in [7, 11) is 0. The van der Waals surface area contributed by atoms with Gasteiger partial charge in [-0.1, -0.05) is 43.1 Å². The summed E-state index contributed by atoms with van der Waals surface area (Å²) in [6.45, 7) is 2.29. The van der Waals surface area contributed by atoms with Gasteiger partial charge < -0.3 is 0 Å². The van der Waals surface area contributed by atoms with Gasteiger partial charge in [0.05, 0.1) is 0 Å². The van der Waals surface area contributed by atoms with E-state index in [0.717, 1.165) is 5.92 Å². The van der Waals surface area contributed by atoms with Crippen molar-refractivity contribution < 1.29 is 0 Å². The van der Waals surface area contributed by atoms with E-state index in [-0.39, 0.29) is 0 Å². The molecule has 2 aliphatic rings. The van der Waals surface area contributed by atoms with Gasteiger partial charge in [0, 0.05) is 0 Å². The molecule has 0 saturated heterocycles. The lowest BCUT2D eigenvalue weighted by atomic mass is 9.86. The maximum absolute atomic E-state index is 2.46. The molecule has 72 valence electrons. The monoisotopic (exact) mass is 176 g/mol. The van der Waals surface area contributed by atoms with Crippen LogP contribution < -0.4 is 0 Å². The molecule has 0 amide bonds. The lowest BCUT2D eigenvalue weighted by molar-refractivity contribution is 0.597. The van der Waals surface area contributed by atoms with Gasteiger partial charge in [-0.25, -0.2) is 0 Å². The van der Waals surface area contributed by atoms with Crippen molar-refractivity contribution in [2.24, 2.45) is 5.92 Å². The lowest BCUT2D eigenvalue weighted by Crippen LogP contribution is -2.04. The van der Waals surface area contributed by atoms with E-state index in [1.54, 1.807) is 5.57 Å². The molecule has 0 N–H and O–H groups in total. The largest absolute Gasteiger partial charge is 0.0839 e. The normalized spacial score (nSPS) is 26.7. The summed E-state index contributed by atoms with van der Waals surface area (Å²) in [5, 5.41) is 0. The third-order valence-electron chi connectivity index (χ3n) is 3.43. The summed E-state index contributed by atoms with van der Waals surface area (Å²) < 4.78 is 0. The van der Waals surface area contributed by atoms with Crippen molar-refractivity contribution in [2.75, 3.05) is 0 Å². The summed E-state index contributed by atoms with van der Waals surface area (Å²) in [5.74, 6) is 0.825. The van der Waals surface area contributed by atoms with E-state index in [1.807, 2.05) is 5.57 Å². The Morgan fingerprint density at radius 3 is 3.15 bits per heavy atom. The van der Waals surface area contributed by atoms with Gasteiger partial charge in [0.15, 0.2) is 0 Å². The quantitative estimate of drug-likeness (QED) is 0.564. The molecule has 1 unspecified atom stereocenters. The Morgan fingerprint density at radius 2 is 2.31 bits per heavy atom. The zero-order chi connectivity index (χ0) is 9.10. The molecule has 0 saturated carbocycles. The molecule has 0 nitrogen and oxygen atoms in total. The molecule has 13 heavy (non-hydrogen) atoms. The Bertz CT molecular complexity index is 232. The van der Waals surface area contributed by atoms with Gasteiger partial charge in [-0.3, -0.25) is 0 Å². The highest BCUT2D eigenvalue weighted by Gasteiger charge is 2.22. The van der Waals surface area contributed by atoms with Crippen LogP contribution in [0.4, 0.5) is 0 Å². The van der Waals surface area contributed by atoms with E-state index >= 15 is 0 Å². The van der Waals surface area contributed by atoms with Crippen molar-refractivity contribution >= 4 is 0 Å². The van der Waals surface area contributed by atoms with Gasteiger partial charge in [-0.05, 0) is 38.0 Å². The number of rotatable bonds is 3. The van der Waals surface area contributed by atoms with Gasteiger partial charge in [0.2, 0.25) is 0 Å². The molecule has 0 radical (unpaired) electrons. The second-order valence-electron chi connectivity index (χ2n) is 4.36. The van der Waals surface area contributed by atoms with Crippen LogP contribution in [0.5, 0.6) is 0 Å². The molecule has 0 aliphatic heterocycles. The fraction of sp³-hybridized carbons (Fsp3) is 0.692. The minimum absolute atomic E-state index is 0.825. The van der Waals surface area contributed by atoms with Crippen LogP contribution in [0.2, 0.25) is 0 Å². The van der Waals surface area contributed by atoms with Crippen LogP contribution in [0.15, 0.2) is 23.3 Å². The predicted octanol–water partition coefficient (Wildman–Crippen LogP) is 4.23. The maximum Gasteiger partial charge on any atom is -0.00204 e. The molecular weight excluding hydrogens is 156 g/mol. The van der Waals surface area contributed by atoms with Crippen LogP contribution in [0, 0.1) is 5.92 Å². The van der Waals surface area contributed by atoms with Crippen LogP contribution in [0.3, 0.4) is 0 Å². The topological polar surface area (TPSA) is 0 Å². The second-order valence-corrected chi connectivity index (χ2v) is 4.36. The highest BCUT2D eigenvalue weighted by molar-refractivity contribution is 5.30. The summed E-state index contributed by atoms with van der Waals surface area (Å²) in [4.78, 5) is 0. The third kappa shape index (κ3) is 1.87. The molecule has 0 aromatic rings. The predicted molar refractivity (Wildman–Crippen MR) is 57.6 cm³/mol. The molecule has 0 heterocycles. The first-order valence-corrected chi connectivity index (χ1v) is 5.79. The van der Waals surface area contributed by atoms with E-state index in [2.05, 4.69) is 19.1 Å². The first-order chi connectivity index (χ1) is 6.42. The number of allylic oxidation sites excluding steroid dienone is 4. The SMILES string of the molecule is CCCCC1C=CCC2=C1CCC2. The second kappa shape index (κ2) is 4.13. The van der Waals surface area contributed by atoms with Gasteiger partial charge in [-0.15, -0.1) is 0 Å². The average molecular weight is 176 g/mol. The van der Waals surface area contributed by atoms with Crippen molar-refractivity contribution in [3.05, 3.63) is 23.3 Å². The van der Waals surface area contributed by atoms with Gasteiger partial charge in [0.25, 0.3) is 0 Å². The summed E-state index contributed by atoms with van der Waals surface area (Å²) in [6, 6.07) is 0. The molecule has 0 aromatic carbocycles. The van der Waals surface area contributed by atoms with Crippen LogP contribution in [0.25, 0.3) is 0 Å². The van der Waals surface area contributed by atoms with Crippen LogP contribution in [-0.2, 0) is 0 Å². The van der Waals surface area contributed by atoms with Crippen molar-refractivity contribution in [1.29, 1.82) is 0 Å². The zero-order valence-corrected chi connectivity index (χ0v) is 8.68. The minimum atomic E-state index is 0.825. The van der Waals surface area contributed by atoms with Crippen LogP contribution in [0.1, 0.15) is 51.9 Å². The average Bonchev–Trinajstić information content (AvgIpc) is 2.62. The Balaban J connectivity index is 2.01. The Labute approximate surface area is 81.7 Å².